The Kier molecular flexibility index (Phi) is 3.65. The number of nitrogens with zero attached hydrogens (tertiary/aromatic N) is 2. The lowest BCUT2D eigenvalue weighted by Crippen LogP contribution is -2.07. The first-order valence-electron chi connectivity index (χ1n) is 6.27. The fourth-order valence-corrected chi connectivity index (χ4v) is 1.78. The number of aromatic nitrogens is 2. The molecule has 0 aliphatic heterocycles. The quantitative estimate of drug-likeness (QED) is 0.895. The number of hydrogen-bond donors (Lipinski definition) is 1. The van der Waals surface area contributed by atoms with Crippen LogP contribution in [-0.4, -0.2) is 16.5 Å². The van der Waals surface area contributed by atoms with Crippen molar-refractivity contribution in [1.29, 1.82) is 0 Å². The van der Waals surface area contributed by atoms with Crippen LogP contribution in [0.15, 0.2) is 16.7 Å². The second-order valence-electron chi connectivity index (χ2n) is 4.42. The molecular weight excluding hydrogens is 226 g/mol. The largest absolute Gasteiger partial charge is 0.469 e. The van der Waals surface area contributed by atoms with Gasteiger partial charge in [0.2, 0.25) is 0 Å². The summed E-state index contributed by atoms with van der Waals surface area (Å²) < 4.78 is 5.31. The molecule has 0 radical (unpaired) electrons. The summed E-state index contributed by atoms with van der Waals surface area (Å²) in [5.74, 6) is 2.49. The third-order valence-electron chi connectivity index (χ3n) is 3.03. The van der Waals surface area contributed by atoms with Gasteiger partial charge in [0, 0.05) is 17.8 Å². The Balaban J connectivity index is 2.44. The Labute approximate surface area is 107 Å². The number of anilines is 1. The van der Waals surface area contributed by atoms with Crippen molar-refractivity contribution in [3.63, 3.8) is 0 Å². The molecule has 96 valence electrons. The van der Waals surface area contributed by atoms with Crippen LogP contribution in [0.2, 0.25) is 0 Å². The zero-order chi connectivity index (χ0) is 13.1. The summed E-state index contributed by atoms with van der Waals surface area (Å²) in [5.41, 5.74) is 3.06. The minimum absolute atomic E-state index is 0.725. The maximum atomic E-state index is 5.31. The zero-order valence-electron chi connectivity index (χ0n) is 11.4. The Morgan fingerprint density at radius 3 is 2.61 bits per heavy atom. The van der Waals surface area contributed by atoms with E-state index < -0.39 is 0 Å². The van der Waals surface area contributed by atoms with Gasteiger partial charge in [0.15, 0.2) is 5.82 Å². The standard InChI is InChI=1S/C14H19N3O/c1-5-7-15-13-9(2)10(3)16-14(17-13)12-6-8-18-11(12)4/h6,8H,5,7H2,1-4H3,(H,15,16,17). The molecule has 0 bridgehead atoms. The van der Waals surface area contributed by atoms with E-state index in [0.29, 0.717) is 0 Å². The summed E-state index contributed by atoms with van der Waals surface area (Å²) in [6.45, 7) is 9.03. The minimum atomic E-state index is 0.725. The molecule has 1 N–H and O–H groups in total. The van der Waals surface area contributed by atoms with E-state index in [9.17, 15) is 0 Å². The van der Waals surface area contributed by atoms with E-state index in [1.165, 1.54) is 0 Å². The highest BCUT2D eigenvalue weighted by atomic mass is 16.3. The third-order valence-corrected chi connectivity index (χ3v) is 3.03. The normalized spacial score (nSPS) is 10.7. The molecule has 0 fully saturated rings. The maximum Gasteiger partial charge on any atom is 0.165 e. The van der Waals surface area contributed by atoms with E-state index in [1.807, 2.05) is 26.8 Å². The van der Waals surface area contributed by atoms with E-state index in [1.54, 1.807) is 6.26 Å². The van der Waals surface area contributed by atoms with E-state index in [4.69, 9.17) is 4.42 Å². The van der Waals surface area contributed by atoms with Gasteiger partial charge in [0.25, 0.3) is 0 Å². The molecule has 2 rings (SSSR count). The van der Waals surface area contributed by atoms with Gasteiger partial charge in [-0.25, -0.2) is 9.97 Å². The fraction of sp³-hybridized carbons (Fsp3) is 0.429. The molecule has 2 aromatic heterocycles. The number of rotatable bonds is 4. The van der Waals surface area contributed by atoms with Crippen molar-refractivity contribution in [1.82, 2.24) is 9.97 Å². The third kappa shape index (κ3) is 2.37. The van der Waals surface area contributed by atoms with Crippen LogP contribution < -0.4 is 5.32 Å². The topological polar surface area (TPSA) is 51.0 Å². The van der Waals surface area contributed by atoms with Crippen molar-refractivity contribution < 1.29 is 4.42 Å². The molecule has 2 aromatic rings. The molecule has 0 unspecified atom stereocenters. The fourth-order valence-electron chi connectivity index (χ4n) is 1.78. The van der Waals surface area contributed by atoms with E-state index in [-0.39, 0.29) is 0 Å². The van der Waals surface area contributed by atoms with Gasteiger partial charge in [-0.2, -0.15) is 0 Å². The van der Waals surface area contributed by atoms with Crippen LogP contribution >= 0.6 is 0 Å². The van der Waals surface area contributed by atoms with Crippen LogP contribution in [0.3, 0.4) is 0 Å². The van der Waals surface area contributed by atoms with Crippen molar-refractivity contribution in [2.45, 2.75) is 34.1 Å². The summed E-state index contributed by atoms with van der Waals surface area (Å²) in [5, 5.41) is 3.34. The maximum absolute atomic E-state index is 5.31. The molecule has 0 aromatic carbocycles. The van der Waals surface area contributed by atoms with Crippen LogP contribution in [0.4, 0.5) is 5.82 Å². The van der Waals surface area contributed by atoms with Crippen molar-refractivity contribution in [3.05, 3.63) is 29.3 Å². The van der Waals surface area contributed by atoms with Gasteiger partial charge in [-0.15, -0.1) is 0 Å². The van der Waals surface area contributed by atoms with E-state index in [0.717, 1.165) is 47.2 Å². The molecule has 4 heteroatoms. The average molecular weight is 245 g/mol. The highest BCUT2D eigenvalue weighted by molar-refractivity contribution is 5.61. The lowest BCUT2D eigenvalue weighted by Gasteiger charge is -2.11. The molecule has 0 aliphatic carbocycles. The van der Waals surface area contributed by atoms with Crippen molar-refractivity contribution in [2.24, 2.45) is 0 Å². The van der Waals surface area contributed by atoms with E-state index >= 15 is 0 Å². The number of aryl methyl sites for hydroxylation is 2. The first-order valence-corrected chi connectivity index (χ1v) is 6.27. The summed E-state index contributed by atoms with van der Waals surface area (Å²) in [6, 6.07) is 1.91. The van der Waals surface area contributed by atoms with E-state index in [2.05, 4.69) is 22.2 Å². The molecule has 0 spiro atoms. The molecule has 0 saturated heterocycles. The highest BCUT2D eigenvalue weighted by Gasteiger charge is 2.12. The Bertz CT molecular complexity index is 546. The Hall–Kier alpha value is -1.84. The van der Waals surface area contributed by atoms with Crippen LogP contribution in [0, 0.1) is 20.8 Å². The lowest BCUT2D eigenvalue weighted by molar-refractivity contribution is 0.535. The second-order valence-corrected chi connectivity index (χ2v) is 4.42. The van der Waals surface area contributed by atoms with Crippen LogP contribution in [-0.2, 0) is 0 Å². The molecule has 0 aliphatic rings. The van der Waals surface area contributed by atoms with Gasteiger partial charge in [-0.1, -0.05) is 6.92 Å². The van der Waals surface area contributed by atoms with Crippen LogP contribution in [0.1, 0.15) is 30.4 Å². The highest BCUT2D eigenvalue weighted by Crippen LogP contribution is 2.24. The second kappa shape index (κ2) is 5.21. The van der Waals surface area contributed by atoms with Gasteiger partial charge in [0.1, 0.15) is 11.6 Å². The number of hydrogen-bond acceptors (Lipinski definition) is 4. The monoisotopic (exact) mass is 245 g/mol. The van der Waals surface area contributed by atoms with Crippen molar-refractivity contribution >= 4 is 5.82 Å². The summed E-state index contributed by atoms with van der Waals surface area (Å²) in [7, 11) is 0. The van der Waals surface area contributed by atoms with Gasteiger partial charge in [-0.3, -0.25) is 0 Å². The number of nitrogens with one attached hydrogen (secondary N) is 1. The first kappa shape index (κ1) is 12.6. The molecule has 4 nitrogen and oxygen atoms in total. The Morgan fingerprint density at radius 1 is 1.22 bits per heavy atom. The molecule has 0 amide bonds. The molecule has 2 heterocycles. The van der Waals surface area contributed by atoms with Gasteiger partial charge < -0.3 is 9.73 Å². The summed E-state index contributed by atoms with van der Waals surface area (Å²) in [4.78, 5) is 9.13. The summed E-state index contributed by atoms with van der Waals surface area (Å²) in [6.07, 6.45) is 2.74. The molecule has 0 saturated carbocycles. The van der Waals surface area contributed by atoms with Gasteiger partial charge in [0.05, 0.1) is 11.8 Å². The molecular formula is C14H19N3O. The molecule has 18 heavy (non-hydrogen) atoms. The summed E-state index contributed by atoms with van der Waals surface area (Å²) >= 11 is 0. The SMILES string of the molecule is CCCNc1nc(-c2ccoc2C)nc(C)c1C. The van der Waals surface area contributed by atoms with Crippen molar-refractivity contribution in [2.75, 3.05) is 11.9 Å². The lowest BCUT2D eigenvalue weighted by atomic mass is 10.2. The van der Waals surface area contributed by atoms with Gasteiger partial charge in [-0.05, 0) is 33.3 Å². The predicted octanol–water partition coefficient (Wildman–Crippen LogP) is 3.48. The van der Waals surface area contributed by atoms with Crippen LogP contribution in [0.25, 0.3) is 11.4 Å². The van der Waals surface area contributed by atoms with Crippen LogP contribution in [0.5, 0.6) is 0 Å². The van der Waals surface area contributed by atoms with Crippen molar-refractivity contribution in [3.8, 4) is 11.4 Å². The zero-order valence-corrected chi connectivity index (χ0v) is 11.4. The number of furan rings is 1. The van der Waals surface area contributed by atoms with Gasteiger partial charge >= 0.3 is 0 Å². The smallest absolute Gasteiger partial charge is 0.165 e. The predicted molar refractivity (Wildman–Crippen MR) is 72.7 cm³/mol. The average Bonchev–Trinajstić information content (AvgIpc) is 2.77. The first-order chi connectivity index (χ1) is 8.63. The minimum Gasteiger partial charge on any atom is -0.469 e. The Morgan fingerprint density at radius 2 is 2.00 bits per heavy atom. The molecule has 0 atom stereocenters.